The summed E-state index contributed by atoms with van der Waals surface area (Å²) in [6, 6.07) is 10.8. The largest absolute Gasteiger partial charge is 0.433 e. The second-order valence-corrected chi connectivity index (χ2v) is 4.74. The molecule has 3 aromatic heterocycles. The lowest BCUT2D eigenvalue weighted by molar-refractivity contribution is -0.401. The molecule has 0 fully saturated rings. The molecule has 0 spiro atoms. The summed E-state index contributed by atoms with van der Waals surface area (Å²) >= 11 is 0. The van der Waals surface area contributed by atoms with Gasteiger partial charge in [0.2, 0.25) is 5.78 Å². The molecule has 4 rings (SSSR count). The van der Waals surface area contributed by atoms with Crippen molar-refractivity contribution in [2.75, 3.05) is 0 Å². The number of fused-ring (bicyclic) bond motifs is 3. The van der Waals surface area contributed by atoms with Crippen LogP contribution >= 0.6 is 0 Å². The molecule has 7 nitrogen and oxygen atoms in total. The third kappa shape index (κ3) is 1.57. The van der Waals surface area contributed by atoms with Crippen molar-refractivity contribution in [3.05, 3.63) is 52.7 Å². The number of hydrogen-bond acceptors (Lipinski definition) is 4. The van der Waals surface area contributed by atoms with Gasteiger partial charge in [-0.05, 0) is 18.2 Å². The monoisotopic (exact) mass is 282 g/mol. The topological polar surface area (TPSA) is 78.5 Å². The van der Waals surface area contributed by atoms with Crippen LogP contribution in [0.1, 0.15) is 0 Å². The summed E-state index contributed by atoms with van der Waals surface area (Å²) < 4.78 is 9.11. The van der Waals surface area contributed by atoms with Gasteiger partial charge in [-0.25, -0.2) is 4.98 Å². The van der Waals surface area contributed by atoms with Crippen LogP contribution in [0.5, 0.6) is 0 Å². The maximum atomic E-state index is 10.7. The van der Waals surface area contributed by atoms with Gasteiger partial charge in [0, 0.05) is 13.2 Å². The quantitative estimate of drug-likeness (QED) is 0.418. The molecule has 0 aliphatic heterocycles. The molecular weight excluding hydrogens is 272 g/mol. The van der Waals surface area contributed by atoms with Crippen molar-refractivity contribution in [2.45, 2.75) is 0 Å². The molecule has 0 saturated heterocycles. The molecule has 7 heteroatoms. The maximum absolute atomic E-state index is 10.7. The van der Waals surface area contributed by atoms with Gasteiger partial charge in [0.15, 0.2) is 5.76 Å². The summed E-state index contributed by atoms with van der Waals surface area (Å²) in [5.41, 5.74) is 2.66. The number of benzene rings is 1. The zero-order chi connectivity index (χ0) is 14.6. The highest BCUT2D eigenvalue weighted by atomic mass is 16.6. The van der Waals surface area contributed by atoms with E-state index in [1.165, 1.54) is 6.07 Å². The van der Waals surface area contributed by atoms with E-state index in [1.54, 1.807) is 6.07 Å². The number of nitrogens with zero attached hydrogens (tertiary/aromatic N) is 4. The molecule has 0 aliphatic rings. The van der Waals surface area contributed by atoms with Gasteiger partial charge < -0.3 is 8.98 Å². The molecule has 0 saturated carbocycles. The molecule has 1 aromatic carbocycles. The minimum atomic E-state index is -0.561. The van der Waals surface area contributed by atoms with Gasteiger partial charge in [-0.2, -0.15) is 0 Å². The van der Waals surface area contributed by atoms with Crippen LogP contribution in [-0.2, 0) is 7.05 Å². The smallest absolute Gasteiger partial charge is 0.399 e. The van der Waals surface area contributed by atoms with E-state index in [-0.39, 0.29) is 5.88 Å². The molecule has 0 N–H and O–H groups in total. The SMILES string of the molecule is Cn1c2ccccc2n2cc(-c3ccc([N+](=O)[O-])o3)nc12. The van der Waals surface area contributed by atoms with E-state index in [0.29, 0.717) is 11.5 Å². The molecule has 3 heterocycles. The van der Waals surface area contributed by atoms with Crippen LogP contribution in [0.2, 0.25) is 0 Å². The van der Waals surface area contributed by atoms with Crippen molar-refractivity contribution >= 4 is 22.7 Å². The van der Waals surface area contributed by atoms with Crippen molar-refractivity contribution in [1.82, 2.24) is 14.0 Å². The Morgan fingerprint density at radius 2 is 1.95 bits per heavy atom. The van der Waals surface area contributed by atoms with Crippen LogP contribution in [0, 0.1) is 10.1 Å². The van der Waals surface area contributed by atoms with Gasteiger partial charge in [0.05, 0.1) is 17.1 Å². The van der Waals surface area contributed by atoms with E-state index in [9.17, 15) is 10.1 Å². The van der Waals surface area contributed by atoms with Crippen molar-refractivity contribution < 1.29 is 9.34 Å². The number of para-hydroxylation sites is 2. The Balaban J connectivity index is 1.94. The zero-order valence-corrected chi connectivity index (χ0v) is 11.1. The van der Waals surface area contributed by atoms with Crippen LogP contribution in [0.25, 0.3) is 28.3 Å². The van der Waals surface area contributed by atoms with Gasteiger partial charge in [0.1, 0.15) is 10.6 Å². The number of imidazole rings is 2. The number of hydrogen-bond donors (Lipinski definition) is 0. The van der Waals surface area contributed by atoms with Gasteiger partial charge in [-0.1, -0.05) is 12.1 Å². The molecule has 0 amide bonds. The Hall–Kier alpha value is -3.09. The molecular formula is C14H10N4O3. The van der Waals surface area contributed by atoms with E-state index in [1.807, 2.05) is 46.5 Å². The first-order valence-electron chi connectivity index (χ1n) is 6.32. The average Bonchev–Trinajstić information content (AvgIpc) is 3.16. The predicted molar refractivity (Wildman–Crippen MR) is 76.0 cm³/mol. The molecule has 104 valence electrons. The first-order valence-corrected chi connectivity index (χ1v) is 6.32. The van der Waals surface area contributed by atoms with Crippen LogP contribution in [-0.4, -0.2) is 18.9 Å². The fraction of sp³-hybridized carbons (Fsp3) is 0.0714. The molecule has 0 unspecified atom stereocenters. The molecule has 0 aliphatic carbocycles. The third-order valence-electron chi connectivity index (χ3n) is 3.51. The zero-order valence-electron chi connectivity index (χ0n) is 11.1. The molecule has 0 bridgehead atoms. The Morgan fingerprint density at radius 3 is 2.67 bits per heavy atom. The van der Waals surface area contributed by atoms with Crippen LogP contribution in [0.4, 0.5) is 5.88 Å². The van der Waals surface area contributed by atoms with Gasteiger partial charge in [-0.15, -0.1) is 0 Å². The van der Waals surface area contributed by atoms with Crippen molar-refractivity contribution in [1.29, 1.82) is 0 Å². The Bertz CT molecular complexity index is 992. The number of aryl methyl sites for hydroxylation is 1. The van der Waals surface area contributed by atoms with Crippen LogP contribution in [0.3, 0.4) is 0 Å². The summed E-state index contributed by atoms with van der Waals surface area (Å²) in [5.74, 6) is 0.853. The second kappa shape index (κ2) is 3.95. The summed E-state index contributed by atoms with van der Waals surface area (Å²) in [6.07, 6.45) is 1.82. The summed E-state index contributed by atoms with van der Waals surface area (Å²) in [7, 11) is 1.93. The lowest BCUT2D eigenvalue weighted by atomic mass is 10.3. The highest BCUT2D eigenvalue weighted by Crippen LogP contribution is 2.28. The number of rotatable bonds is 2. The summed E-state index contributed by atoms with van der Waals surface area (Å²) in [4.78, 5) is 14.6. The van der Waals surface area contributed by atoms with Gasteiger partial charge in [-0.3, -0.25) is 14.5 Å². The molecule has 0 radical (unpaired) electrons. The highest BCUT2D eigenvalue weighted by Gasteiger charge is 2.17. The van der Waals surface area contributed by atoms with E-state index < -0.39 is 4.92 Å². The highest BCUT2D eigenvalue weighted by molar-refractivity contribution is 5.81. The van der Waals surface area contributed by atoms with Crippen molar-refractivity contribution in [3.8, 4) is 11.5 Å². The lowest BCUT2D eigenvalue weighted by Gasteiger charge is -1.94. The first kappa shape index (κ1) is 11.7. The summed E-state index contributed by atoms with van der Waals surface area (Å²) in [6.45, 7) is 0. The fourth-order valence-electron chi connectivity index (χ4n) is 2.53. The van der Waals surface area contributed by atoms with E-state index in [0.717, 1.165) is 16.8 Å². The second-order valence-electron chi connectivity index (χ2n) is 4.74. The average molecular weight is 282 g/mol. The molecule has 21 heavy (non-hydrogen) atoms. The minimum absolute atomic E-state index is 0.285. The van der Waals surface area contributed by atoms with Gasteiger partial charge in [0.25, 0.3) is 0 Å². The predicted octanol–water partition coefficient (Wildman–Crippen LogP) is 2.99. The standard InChI is InChI=1S/C14H10N4O3/c1-16-10-4-2-3-5-11(10)17-8-9(15-14(16)17)12-6-7-13(21-12)18(19)20/h2-8H,1H3. The lowest BCUT2D eigenvalue weighted by Crippen LogP contribution is -1.88. The van der Waals surface area contributed by atoms with Crippen molar-refractivity contribution in [3.63, 3.8) is 0 Å². The normalized spacial score (nSPS) is 11.5. The van der Waals surface area contributed by atoms with Gasteiger partial charge >= 0.3 is 5.88 Å². The number of aromatic nitrogens is 3. The first-order chi connectivity index (χ1) is 10.1. The fourth-order valence-corrected chi connectivity index (χ4v) is 2.53. The third-order valence-corrected chi connectivity index (χ3v) is 3.51. The number of nitro groups is 1. The Morgan fingerprint density at radius 1 is 1.19 bits per heavy atom. The Labute approximate surface area is 118 Å². The minimum Gasteiger partial charge on any atom is -0.399 e. The van der Waals surface area contributed by atoms with E-state index in [2.05, 4.69) is 4.98 Å². The number of furan rings is 1. The maximum Gasteiger partial charge on any atom is 0.433 e. The van der Waals surface area contributed by atoms with Crippen molar-refractivity contribution in [2.24, 2.45) is 7.05 Å². The van der Waals surface area contributed by atoms with Crippen LogP contribution in [0.15, 0.2) is 47.0 Å². The van der Waals surface area contributed by atoms with Crippen LogP contribution < -0.4 is 0 Å². The van der Waals surface area contributed by atoms with E-state index in [4.69, 9.17) is 4.42 Å². The summed E-state index contributed by atoms with van der Waals surface area (Å²) in [5, 5.41) is 10.7. The molecule has 0 atom stereocenters. The Kier molecular flexibility index (Phi) is 2.20. The van der Waals surface area contributed by atoms with E-state index >= 15 is 0 Å². The molecule has 4 aromatic rings.